The van der Waals surface area contributed by atoms with Gasteiger partial charge in [0.25, 0.3) is 0 Å². The lowest BCUT2D eigenvalue weighted by atomic mass is 10.1. The van der Waals surface area contributed by atoms with Crippen LogP contribution in [0.2, 0.25) is 0 Å². The Bertz CT molecular complexity index is 541. The van der Waals surface area contributed by atoms with E-state index in [1.54, 1.807) is 0 Å². The van der Waals surface area contributed by atoms with Crippen LogP contribution in [0, 0.1) is 0 Å². The minimum absolute atomic E-state index is 0.156. The predicted molar refractivity (Wildman–Crippen MR) is 74.5 cm³/mol. The zero-order valence-corrected chi connectivity index (χ0v) is 11.4. The standard InChI is InChI=1S/C15H19N3O2/c16-13-8-4-7-12(13)15-17-14(18-20-15)9-10-19-11-5-2-1-3-6-11/h1-3,5-6,12-13H,4,7-10,16H2. The molecule has 0 amide bonds. The van der Waals surface area contributed by atoms with Crippen molar-refractivity contribution in [2.75, 3.05) is 6.61 Å². The predicted octanol–water partition coefficient (Wildman–Crippen LogP) is 2.29. The highest BCUT2D eigenvalue weighted by atomic mass is 16.5. The van der Waals surface area contributed by atoms with Crippen LogP contribution < -0.4 is 10.5 Å². The monoisotopic (exact) mass is 273 g/mol. The van der Waals surface area contributed by atoms with Gasteiger partial charge < -0.3 is 15.0 Å². The molecular formula is C15H19N3O2. The lowest BCUT2D eigenvalue weighted by Crippen LogP contribution is -2.22. The van der Waals surface area contributed by atoms with Crippen molar-refractivity contribution in [3.05, 3.63) is 42.0 Å². The molecule has 0 bridgehead atoms. The summed E-state index contributed by atoms with van der Waals surface area (Å²) in [4.78, 5) is 4.44. The van der Waals surface area contributed by atoms with E-state index >= 15 is 0 Å². The zero-order chi connectivity index (χ0) is 13.8. The van der Waals surface area contributed by atoms with Gasteiger partial charge in [0.15, 0.2) is 5.82 Å². The molecule has 106 valence electrons. The van der Waals surface area contributed by atoms with Gasteiger partial charge in [-0.25, -0.2) is 0 Å². The van der Waals surface area contributed by atoms with E-state index in [1.807, 2.05) is 30.3 Å². The topological polar surface area (TPSA) is 74.2 Å². The molecule has 0 aliphatic heterocycles. The molecule has 1 aliphatic carbocycles. The number of para-hydroxylation sites is 1. The molecule has 20 heavy (non-hydrogen) atoms. The summed E-state index contributed by atoms with van der Waals surface area (Å²) in [5.41, 5.74) is 6.04. The second-order valence-corrected chi connectivity index (χ2v) is 5.16. The van der Waals surface area contributed by atoms with Crippen LogP contribution in [0.25, 0.3) is 0 Å². The van der Waals surface area contributed by atoms with Crippen LogP contribution in [0.3, 0.4) is 0 Å². The summed E-state index contributed by atoms with van der Waals surface area (Å²) >= 11 is 0. The fourth-order valence-corrected chi connectivity index (χ4v) is 2.59. The number of nitrogens with two attached hydrogens (primary N) is 1. The maximum absolute atomic E-state index is 6.04. The molecule has 2 N–H and O–H groups in total. The fourth-order valence-electron chi connectivity index (χ4n) is 2.59. The molecule has 3 rings (SSSR count). The number of nitrogens with zero attached hydrogens (tertiary/aromatic N) is 2. The quantitative estimate of drug-likeness (QED) is 0.904. The van der Waals surface area contributed by atoms with Gasteiger partial charge in [0, 0.05) is 12.5 Å². The van der Waals surface area contributed by atoms with Crippen LogP contribution in [0.1, 0.15) is 36.9 Å². The Morgan fingerprint density at radius 3 is 2.85 bits per heavy atom. The molecule has 0 saturated heterocycles. The highest BCUT2D eigenvalue weighted by Gasteiger charge is 2.30. The van der Waals surface area contributed by atoms with Crippen LogP contribution in [0.5, 0.6) is 5.75 Å². The van der Waals surface area contributed by atoms with E-state index in [4.69, 9.17) is 15.0 Å². The number of benzene rings is 1. The van der Waals surface area contributed by atoms with Crippen LogP contribution in [-0.4, -0.2) is 22.8 Å². The smallest absolute Gasteiger partial charge is 0.231 e. The fraction of sp³-hybridized carbons (Fsp3) is 0.467. The van der Waals surface area contributed by atoms with E-state index in [-0.39, 0.29) is 12.0 Å². The summed E-state index contributed by atoms with van der Waals surface area (Å²) in [6, 6.07) is 9.87. The highest BCUT2D eigenvalue weighted by Crippen LogP contribution is 2.32. The van der Waals surface area contributed by atoms with Crippen molar-refractivity contribution in [3.8, 4) is 5.75 Å². The number of rotatable bonds is 5. The normalized spacial score (nSPS) is 22.1. The lowest BCUT2D eigenvalue weighted by molar-refractivity contribution is 0.311. The second-order valence-electron chi connectivity index (χ2n) is 5.16. The Hall–Kier alpha value is -1.88. The van der Waals surface area contributed by atoms with Gasteiger partial charge in [-0.15, -0.1) is 0 Å². The summed E-state index contributed by atoms with van der Waals surface area (Å²) in [6.45, 7) is 0.541. The van der Waals surface area contributed by atoms with E-state index in [9.17, 15) is 0 Å². The van der Waals surface area contributed by atoms with Crippen molar-refractivity contribution in [1.29, 1.82) is 0 Å². The molecule has 2 unspecified atom stereocenters. The lowest BCUT2D eigenvalue weighted by Gasteiger charge is -2.08. The molecule has 1 aromatic heterocycles. The van der Waals surface area contributed by atoms with Gasteiger partial charge in [0.1, 0.15) is 5.75 Å². The molecule has 1 saturated carbocycles. The molecule has 2 aromatic rings. The van der Waals surface area contributed by atoms with Crippen molar-refractivity contribution in [2.45, 2.75) is 37.6 Å². The Balaban J connectivity index is 1.52. The Morgan fingerprint density at radius 2 is 2.10 bits per heavy atom. The average Bonchev–Trinajstić information content (AvgIpc) is 3.09. The van der Waals surface area contributed by atoms with E-state index in [1.165, 1.54) is 0 Å². The first-order valence-corrected chi connectivity index (χ1v) is 7.09. The molecule has 5 heteroatoms. The maximum Gasteiger partial charge on any atom is 0.231 e. The van der Waals surface area contributed by atoms with Crippen LogP contribution >= 0.6 is 0 Å². The first kappa shape index (κ1) is 13.1. The molecule has 1 aliphatic rings. The average molecular weight is 273 g/mol. The van der Waals surface area contributed by atoms with E-state index in [0.29, 0.717) is 24.7 Å². The maximum atomic E-state index is 6.04. The molecule has 2 atom stereocenters. The number of aromatic nitrogens is 2. The van der Waals surface area contributed by atoms with Gasteiger partial charge in [-0.1, -0.05) is 29.8 Å². The molecular weight excluding hydrogens is 254 g/mol. The number of ether oxygens (including phenoxy) is 1. The van der Waals surface area contributed by atoms with Gasteiger partial charge in [0.2, 0.25) is 5.89 Å². The summed E-state index contributed by atoms with van der Waals surface area (Å²) in [5.74, 6) is 2.46. The summed E-state index contributed by atoms with van der Waals surface area (Å²) < 4.78 is 10.9. The molecule has 1 aromatic carbocycles. The van der Waals surface area contributed by atoms with Crippen molar-refractivity contribution in [2.24, 2.45) is 5.73 Å². The van der Waals surface area contributed by atoms with Crippen LogP contribution in [-0.2, 0) is 6.42 Å². The summed E-state index contributed by atoms with van der Waals surface area (Å²) in [6.07, 6.45) is 3.86. The van der Waals surface area contributed by atoms with Crippen molar-refractivity contribution in [3.63, 3.8) is 0 Å². The van der Waals surface area contributed by atoms with Gasteiger partial charge in [-0.3, -0.25) is 0 Å². The third-order valence-corrected chi connectivity index (χ3v) is 3.71. The molecule has 0 radical (unpaired) electrons. The SMILES string of the molecule is NC1CCCC1c1nc(CCOc2ccccc2)no1. The minimum atomic E-state index is 0.156. The molecule has 0 spiro atoms. The Labute approximate surface area is 118 Å². The van der Waals surface area contributed by atoms with Crippen molar-refractivity contribution < 1.29 is 9.26 Å². The summed E-state index contributed by atoms with van der Waals surface area (Å²) in [7, 11) is 0. The van der Waals surface area contributed by atoms with Gasteiger partial charge >= 0.3 is 0 Å². The third-order valence-electron chi connectivity index (χ3n) is 3.71. The van der Waals surface area contributed by atoms with Gasteiger partial charge in [-0.2, -0.15) is 4.98 Å². The second kappa shape index (κ2) is 6.05. The molecule has 1 heterocycles. The zero-order valence-electron chi connectivity index (χ0n) is 11.4. The van der Waals surface area contributed by atoms with Gasteiger partial charge in [-0.05, 0) is 25.0 Å². The Morgan fingerprint density at radius 1 is 1.25 bits per heavy atom. The molecule has 1 fully saturated rings. The third kappa shape index (κ3) is 2.99. The van der Waals surface area contributed by atoms with E-state index in [2.05, 4.69) is 10.1 Å². The number of hydrogen-bond donors (Lipinski definition) is 1. The van der Waals surface area contributed by atoms with Crippen molar-refractivity contribution in [1.82, 2.24) is 10.1 Å². The largest absolute Gasteiger partial charge is 0.493 e. The van der Waals surface area contributed by atoms with Crippen molar-refractivity contribution >= 4 is 0 Å². The van der Waals surface area contributed by atoms with Gasteiger partial charge in [0.05, 0.1) is 12.5 Å². The van der Waals surface area contributed by atoms with E-state index < -0.39 is 0 Å². The first-order chi connectivity index (χ1) is 9.83. The van der Waals surface area contributed by atoms with Crippen LogP contribution in [0.4, 0.5) is 0 Å². The molecule has 5 nitrogen and oxygen atoms in total. The Kier molecular flexibility index (Phi) is 3.97. The number of hydrogen-bond acceptors (Lipinski definition) is 5. The first-order valence-electron chi connectivity index (χ1n) is 7.09. The van der Waals surface area contributed by atoms with E-state index in [0.717, 1.165) is 25.0 Å². The van der Waals surface area contributed by atoms with Crippen LogP contribution in [0.15, 0.2) is 34.9 Å². The minimum Gasteiger partial charge on any atom is -0.493 e. The summed E-state index contributed by atoms with van der Waals surface area (Å²) in [5, 5.41) is 4.00. The highest BCUT2D eigenvalue weighted by molar-refractivity contribution is 5.20.